The molecule has 1 aromatic heterocycles. The highest BCUT2D eigenvalue weighted by Crippen LogP contribution is 2.29. The van der Waals surface area contributed by atoms with Crippen LogP contribution in [0.2, 0.25) is 0 Å². The van der Waals surface area contributed by atoms with Crippen molar-refractivity contribution in [3.8, 4) is 10.4 Å². The fraction of sp³-hybridized carbons (Fsp3) is 0.606. The van der Waals surface area contributed by atoms with Gasteiger partial charge in [0, 0.05) is 19.4 Å². The second kappa shape index (κ2) is 16.7. The Morgan fingerprint density at radius 1 is 1.07 bits per heavy atom. The molecule has 3 rings (SSSR count). The highest BCUT2D eigenvalue weighted by molar-refractivity contribution is 7.13. The second-order valence-corrected chi connectivity index (χ2v) is 13.8. The predicted molar refractivity (Wildman–Crippen MR) is 174 cm³/mol. The largest absolute Gasteiger partial charge is 0.450 e. The molecule has 1 saturated heterocycles. The van der Waals surface area contributed by atoms with E-state index in [1.54, 1.807) is 11.3 Å². The van der Waals surface area contributed by atoms with Crippen LogP contribution in [0, 0.1) is 12.3 Å². The lowest BCUT2D eigenvalue weighted by molar-refractivity contribution is -0.144. The zero-order chi connectivity index (χ0) is 33.1. The number of hydrogen-bond acceptors (Lipinski definition) is 8. The van der Waals surface area contributed by atoms with Crippen LogP contribution in [0.1, 0.15) is 96.4 Å². The van der Waals surface area contributed by atoms with Crippen molar-refractivity contribution in [2.24, 2.45) is 11.1 Å². The first-order chi connectivity index (χ1) is 21.3. The molecule has 4 amide bonds. The number of primary amides is 1. The average Bonchev–Trinajstić information content (AvgIpc) is 3.59. The van der Waals surface area contributed by atoms with Gasteiger partial charge in [0.05, 0.1) is 34.8 Å². The Balaban J connectivity index is 1.54. The van der Waals surface area contributed by atoms with E-state index in [0.29, 0.717) is 13.0 Å². The number of β-amino-alcohol motifs (C(OH)–C–C–N with tert-alkyl or cyclic N) is 1. The van der Waals surface area contributed by atoms with Gasteiger partial charge < -0.3 is 31.1 Å². The number of hydrogen-bond donors (Lipinski definition) is 4. The summed E-state index contributed by atoms with van der Waals surface area (Å²) >= 11 is 1.58. The summed E-state index contributed by atoms with van der Waals surface area (Å²) in [5.41, 5.74) is 9.11. The molecular weight excluding hydrogens is 594 g/mol. The number of aryl methyl sites for hydroxylation is 1. The van der Waals surface area contributed by atoms with E-state index in [-0.39, 0.29) is 43.1 Å². The van der Waals surface area contributed by atoms with Gasteiger partial charge in [-0.1, -0.05) is 70.7 Å². The number of nitrogens with one attached hydrogen (secondary N) is 2. The van der Waals surface area contributed by atoms with Crippen molar-refractivity contribution >= 4 is 35.2 Å². The number of rotatable bonds is 15. The number of aliphatic hydroxyl groups excluding tert-OH is 1. The van der Waals surface area contributed by atoms with Crippen LogP contribution in [0.25, 0.3) is 10.4 Å². The molecule has 0 spiro atoms. The lowest BCUT2D eigenvalue weighted by atomic mass is 9.85. The summed E-state index contributed by atoms with van der Waals surface area (Å²) in [5, 5.41) is 16.4. The van der Waals surface area contributed by atoms with Gasteiger partial charge in [-0.3, -0.25) is 14.4 Å². The molecule has 5 N–H and O–H groups in total. The third kappa shape index (κ3) is 10.8. The summed E-state index contributed by atoms with van der Waals surface area (Å²) in [4.78, 5) is 57.6. The molecule has 1 aromatic carbocycles. The molecule has 12 heteroatoms. The normalized spacial score (nSPS) is 17.9. The van der Waals surface area contributed by atoms with Crippen LogP contribution in [-0.4, -0.2) is 70.1 Å². The van der Waals surface area contributed by atoms with Crippen LogP contribution in [0.3, 0.4) is 0 Å². The molecule has 248 valence electrons. The van der Waals surface area contributed by atoms with E-state index in [9.17, 15) is 24.3 Å². The van der Waals surface area contributed by atoms with Crippen LogP contribution in [-0.2, 0) is 19.1 Å². The van der Waals surface area contributed by atoms with Gasteiger partial charge in [0.2, 0.25) is 17.7 Å². The number of aliphatic hydroxyl groups is 1. The van der Waals surface area contributed by atoms with Crippen molar-refractivity contribution in [2.75, 3.05) is 13.2 Å². The molecule has 0 aliphatic carbocycles. The van der Waals surface area contributed by atoms with Gasteiger partial charge in [-0.25, -0.2) is 9.78 Å². The standard InChI is InChI=1S/C33H49N5O6S/c1-21(23-13-15-24(16-14-23)28-22(2)35-20-45-28)36-30(41)26-18-25(39)19-38(26)31(42)29(33(3,4)5)37-27(40)12-10-8-6-7-9-11-17-44-32(34)43/h13-16,20-21,25-26,29,39H,6-12,17-19H2,1-5H3,(H2,34,43)(H,36,41)(H,37,40)/t21-,25+,26-,29+/m0/s1. The van der Waals surface area contributed by atoms with Gasteiger partial charge in [-0.2, -0.15) is 0 Å². The summed E-state index contributed by atoms with van der Waals surface area (Å²) in [6.45, 7) is 9.83. The molecule has 0 bridgehead atoms. The fourth-order valence-electron chi connectivity index (χ4n) is 5.52. The molecule has 4 atom stereocenters. The van der Waals surface area contributed by atoms with Crippen LogP contribution in [0.15, 0.2) is 29.8 Å². The maximum absolute atomic E-state index is 13.8. The van der Waals surface area contributed by atoms with Gasteiger partial charge in [-0.05, 0) is 43.2 Å². The Labute approximate surface area is 270 Å². The van der Waals surface area contributed by atoms with E-state index in [0.717, 1.165) is 53.8 Å². The minimum atomic E-state index is -0.851. The van der Waals surface area contributed by atoms with Gasteiger partial charge in [-0.15, -0.1) is 11.3 Å². The minimum Gasteiger partial charge on any atom is -0.450 e. The van der Waals surface area contributed by atoms with Crippen molar-refractivity contribution in [1.29, 1.82) is 0 Å². The highest BCUT2D eigenvalue weighted by atomic mass is 32.1. The number of unbranched alkanes of at least 4 members (excludes halogenated alkanes) is 5. The molecule has 2 heterocycles. The van der Waals surface area contributed by atoms with Crippen LogP contribution < -0.4 is 16.4 Å². The maximum atomic E-state index is 13.8. The van der Waals surface area contributed by atoms with Crippen molar-refractivity contribution < 1.29 is 29.0 Å². The van der Waals surface area contributed by atoms with Crippen LogP contribution in [0.5, 0.6) is 0 Å². The highest BCUT2D eigenvalue weighted by Gasteiger charge is 2.44. The lowest BCUT2D eigenvalue weighted by Crippen LogP contribution is -2.57. The van der Waals surface area contributed by atoms with Crippen LogP contribution >= 0.6 is 11.3 Å². The molecule has 11 nitrogen and oxygen atoms in total. The summed E-state index contributed by atoms with van der Waals surface area (Å²) in [6.07, 6.45) is 3.95. The molecule has 0 radical (unpaired) electrons. The Bertz CT molecular complexity index is 1290. The molecule has 1 aliphatic rings. The minimum absolute atomic E-state index is 0.0289. The molecule has 45 heavy (non-hydrogen) atoms. The van der Waals surface area contributed by atoms with Crippen molar-refractivity contribution in [1.82, 2.24) is 20.5 Å². The van der Waals surface area contributed by atoms with Crippen molar-refractivity contribution in [3.63, 3.8) is 0 Å². The number of nitrogens with two attached hydrogens (primary N) is 1. The quantitative estimate of drug-likeness (QED) is 0.206. The monoisotopic (exact) mass is 643 g/mol. The van der Waals surface area contributed by atoms with Gasteiger partial charge in [0.15, 0.2) is 0 Å². The number of carbonyl (C=O) groups excluding carboxylic acids is 4. The molecule has 1 fully saturated rings. The average molecular weight is 644 g/mol. The third-order valence-corrected chi connectivity index (χ3v) is 9.08. The number of nitrogens with zero attached hydrogens (tertiary/aromatic N) is 2. The zero-order valence-corrected chi connectivity index (χ0v) is 28.0. The predicted octanol–water partition coefficient (Wildman–Crippen LogP) is 4.61. The van der Waals surface area contributed by atoms with Gasteiger partial charge in [0.25, 0.3) is 0 Å². The maximum Gasteiger partial charge on any atom is 0.404 e. The molecular formula is C33H49N5O6S. The van der Waals surface area contributed by atoms with E-state index < -0.39 is 29.7 Å². The van der Waals surface area contributed by atoms with Crippen LogP contribution in [0.4, 0.5) is 4.79 Å². The number of amides is 4. The molecule has 1 aliphatic heterocycles. The van der Waals surface area contributed by atoms with E-state index in [4.69, 9.17) is 10.5 Å². The smallest absolute Gasteiger partial charge is 0.404 e. The van der Waals surface area contributed by atoms with E-state index >= 15 is 0 Å². The van der Waals surface area contributed by atoms with E-state index in [1.165, 1.54) is 4.90 Å². The SMILES string of the molecule is Cc1ncsc1-c1ccc([C@H](C)NC(=O)[C@@H]2C[C@@H](O)CN2C(=O)[C@@H](NC(=O)CCCCCCCCOC(N)=O)C(C)(C)C)cc1. The third-order valence-electron chi connectivity index (χ3n) is 8.10. The summed E-state index contributed by atoms with van der Waals surface area (Å²) in [5.74, 6) is -0.929. The van der Waals surface area contributed by atoms with E-state index in [2.05, 4.69) is 15.6 Å². The Hall–Kier alpha value is -3.51. The number of benzene rings is 1. The molecule has 0 unspecified atom stereocenters. The summed E-state index contributed by atoms with van der Waals surface area (Å²) in [6, 6.07) is 5.95. The van der Waals surface area contributed by atoms with Gasteiger partial charge in [0.1, 0.15) is 12.1 Å². The summed E-state index contributed by atoms with van der Waals surface area (Å²) in [7, 11) is 0. The Morgan fingerprint density at radius 2 is 1.71 bits per heavy atom. The van der Waals surface area contributed by atoms with Gasteiger partial charge >= 0.3 is 6.09 Å². The number of ether oxygens (including phenoxy) is 1. The lowest BCUT2D eigenvalue weighted by Gasteiger charge is -2.35. The number of likely N-dealkylation sites (tertiary alicyclic amines) is 1. The Morgan fingerprint density at radius 3 is 2.31 bits per heavy atom. The topological polar surface area (TPSA) is 164 Å². The fourth-order valence-corrected chi connectivity index (χ4v) is 6.33. The molecule has 0 saturated carbocycles. The second-order valence-electron chi connectivity index (χ2n) is 12.9. The first kappa shape index (κ1) is 36.0. The zero-order valence-electron chi connectivity index (χ0n) is 27.1. The van der Waals surface area contributed by atoms with Crippen molar-refractivity contribution in [2.45, 2.75) is 110 Å². The summed E-state index contributed by atoms with van der Waals surface area (Å²) < 4.78 is 4.72. The number of carbonyl (C=O) groups is 4. The first-order valence-corrected chi connectivity index (χ1v) is 16.7. The molecule has 2 aromatic rings. The Kier molecular flexibility index (Phi) is 13.3. The van der Waals surface area contributed by atoms with E-state index in [1.807, 2.05) is 64.4 Å². The van der Waals surface area contributed by atoms with Crippen molar-refractivity contribution in [3.05, 3.63) is 41.0 Å². The number of aromatic nitrogens is 1. The number of thiazole rings is 1. The first-order valence-electron chi connectivity index (χ1n) is 15.8.